The van der Waals surface area contributed by atoms with E-state index in [1.165, 1.54) is 6.07 Å². The van der Waals surface area contributed by atoms with Crippen molar-refractivity contribution in [2.24, 2.45) is 0 Å². The zero-order chi connectivity index (χ0) is 22.2. The number of hydrogen-bond donors (Lipinski definition) is 1. The van der Waals surface area contributed by atoms with Crippen molar-refractivity contribution in [3.05, 3.63) is 59.8 Å². The van der Waals surface area contributed by atoms with Crippen LogP contribution in [0.5, 0.6) is 0 Å². The van der Waals surface area contributed by atoms with Gasteiger partial charge in [-0.05, 0) is 30.7 Å². The average molecular weight is 434 g/mol. The number of halogens is 1. The Kier molecular flexibility index (Phi) is 5.22. The van der Waals surface area contributed by atoms with Crippen molar-refractivity contribution in [3.8, 4) is 5.69 Å². The largest absolute Gasteiger partial charge is 0.478 e. The fourth-order valence-corrected chi connectivity index (χ4v) is 4.36. The van der Waals surface area contributed by atoms with Crippen molar-refractivity contribution in [1.29, 1.82) is 0 Å². The number of fused-ring (bicyclic) bond motifs is 2. The van der Waals surface area contributed by atoms with E-state index in [1.807, 2.05) is 29.7 Å². The lowest BCUT2D eigenvalue weighted by atomic mass is 10.1. The van der Waals surface area contributed by atoms with Gasteiger partial charge in [-0.3, -0.25) is 9.55 Å². The van der Waals surface area contributed by atoms with Gasteiger partial charge in [0, 0.05) is 36.8 Å². The second-order valence-corrected chi connectivity index (χ2v) is 7.85. The van der Waals surface area contributed by atoms with Gasteiger partial charge < -0.3 is 14.7 Å². The van der Waals surface area contributed by atoms with Gasteiger partial charge in [-0.2, -0.15) is 0 Å². The third-order valence-corrected chi connectivity index (χ3v) is 5.83. The molecule has 4 aromatic rings. The second kappa shape index (κ2) is 8.20. The molecule has 2 aromatic heterocycles. The Morgan fingerprint density at radius 1 is 1.19 bits per heavy atom. The minimum Gasteiger partial charge on any atom is -0.478 e. The van der Waals surface area contributed by atoms with Crippen LogP contribution in [0.1, 0.15) is 29.5 Å². The highest BCUT2D eigenvalue weighted by Crippen LogP contribution is 2.33. The number of aromatic nitrogens is 3. The summed E-state index contributed by atoms with van der Waals surface area (Å²) in [7, 11) is 0. The number of imidazole rings is 1. The molecule has 0 unspecified atom stereocenters. The Hall–Kier alpha value is -3.52. The third kappa shape index (κ3) is 3.36. The fourth-order valence-electron chi connectivity index (χ4n) is 4.36. The first-order chi connectivity index (χ1) is 15.6. The number of aryl methyl sites for hydroxylation is 1. The number of nitrogens with zero attached hydrogens (tertiary/aromatic N) is 4. The van der Waals surface area contributed by atoms with E-state index in [-0.39, 0.29) is 11.1 Å². The molecule has 8 heteroatoms. The van der Waals surface area contributed by atoms with Crippen molar-refractivity contribution in [3.63, 3.8) is 0 Å². The highest BCUT2D eigenvalue weighted by molar-refractivity contribution is 6.04. The molecule has 0 atom stereocenters. The number of pyridine rings is 1. The van der Waals surface area contributed by atoms with E-state index in [0.717, 1.165) is 23.6 Å². The van der Waals surface area contributed by atoms with Gasteiger partial charge in [-0.15, -0.1) is 0 Å². The second-order valence-electron chi connectivity index (χ2n) is 7.85. The predicted molar refractivity (Wildman–Crippen MR) is 120 cm³/mol. The van der Waals surface area contributed by atoms with Gasteiger partial charge in [0.05, 0.1) is 30.0 Å². The van der Waals surface area contributed by atoms with Crippen LogP contribution in [-0.2, 0) is 11.2 Å². The van der Waals surface area contributed by atoms with Crippen molar-refractivity contribution in [1.82, 2.24) is 14.5 Å². The lowest BCUT2D eigenvalue weighted by Crippen LogP contribution is -2.36. The summed E-state index contributed by atoms with van der Waals surface area (Å²) in [6.07, 6.45) is 3.06. The van der Waals surface area contributed by atoms with Crippen molar-refractivity contribution < 1.29 is 19.0 Å². The van der Waals surface area contributed by atoms with Gasteiger partial charge in [-0.1, -0.05) is 19.1 Å². The number of aromatic carboxylic acids is 1. The predicted octanol–water partition coefficient (Wildman–Crippen LogP) is 4.20. The molecule has 0 spiro atoms. The normalized spacial score (nSPS) is 14.4. The molecule has 1 aliphatic heterocycles. The minimum absolute atomic E-state index is 0.157. The van der Waals surface area contributed by atoms with Gasteiger partial charge >= 0.3 is 5.97 Å². The fraction of sp³-hybridized carbons (Fsp3) is 0.292. The summed E-state index contributed by atoms with van der Waals surface area (Å²) in [4.78, 5) is 23.3. The van der Waals surface area contributed by atoms with Crippen molar-refractivity contribution in [2.45, 2.75) is 19.8 Å². The van der Waals surface area contributed by atoms with E-state index in [4.69, 9.17) is 9.72 Å². The molecule has 3 heterocycles. The van der Waals surface area contributed by atoms with Crippen LogP contribution in [0.15, 0.2) is 42.6 Å². The van der Waals surface area contributed by atoms with Gasteiger partial charge in [0.1, 0.15) is 22.7 Å². The van der Waals surface area contributed by atoms with E-state index < -0.39 is 11.8 Å². The van der Waals surface area contributed by atoms with Gasteiger partial charge in [-0.25, -0.2) is 14.2 Å². The number of anilines is 1. The summed E-state index contributed by atoms with van der Waals surface area (Å²) in [6, 6.07) is 10.4. The van der Waals surface area contributed by atoms with Crippen LogP contribution in [-0.4, -0.2) is 51.9 Å². The molecule has 0 aliphatic carbocycles. The van der Waals surface area contributed by atoms with Gasteiger partial charge in [0.2, 0.25) is 0 Å². The molecular weight excluding hydrogens is 411 g/mol. The summed E-state index contributed by atoms with van der Waals surface area (Å²) in [5, 5.41) is 10.6. The van der Waals surface area contributed by atoms with E-state index >= 15 is 0 Å². The maximum absolute atomic E-state index is 14.5. The monoisotopic (exact) mass is 434 g/mol. The van der Waals surface area contributed by atoms with Crippen molar-refractivity contribution >= 4 is 33.6 Å². The van der Waals surface area contributed by atoms with Crippen LogP contribution in [0.4, 0.5) is 10.1 Å². The topological polar surface area (TPSA) is 80.5 Å². The lowest BCUT2D eigenvalue weighted by molar-refractivity contribution is 0.0699. The molecule has 0 radical (unpaired) electrons. The van der Waals surface area contributed by atoms with Crippen LogP contribution in [0.2, 0.25) is 0 Å². The lowest BCUT2D eigenvalue weighted by Gasteiger charge is -2.29. The molecule has 32 heavy (non-hydrogen) atoms. The molecule has 5 rings (SSSR count). The zero-order valence-corrected chi connectivity index (χ0v) is 17.7. The summed E-state index contributed by atoms with van der Waals surface area (Å²) >= 11 is 0. The van der Waals surface area contributed by atoms with E-state index in [9.17, 15) is 14.3 Å². The Balaban J connectivity index is 1.83. The van der Waals surface area contributed by atoms with Crippen LogP contribution in [0.25, 0.3) is 27.6 Å². The van der Waals surface area contributed by atoms with Gasteiger partial charge in [0.25, 0.3) is 0 Å². The number of benzene rings is 2. The Bertz CT molecular complexity index is 1330. The Morgan fingerprint density at radius 2 is 2.00 bits per heavy atom. The first-order valence-electron chi connectivity index (χ1n) is 10.7. The SMILES string of the molecule is CCCc1nc2c(C(=O)O)cc(N3CCOCC3)cc2n1-c1ccnc2c(F)cccc12. The molecular formula is C24H23FN4O3. The summed E-state index contributed by atoms with van der Waals surface area (Å²) in [5.41, 5.74) is 3.09. The molecule has 0 amide bonds. The van der Waals surface area contributed by atoms with Gasteiger partial charge in [0.15, 0.2) is 0 Å². The number of para-hydroxylation sites is 1. The standard InChI is InChI=1S/C24H23FN4O3/c1-2-4-21-27-23-17(24(30)31)13-15(28-9-11-32-12-10-28)14-20(23)29(21)19-7-8-26-22-16(19)5-3-6-18(22)25/h3,5-8,13-14H,2,4,9-12H2,1H3,(H,30,31). The number of hydrogen-bond acceptors (Lipinski definition) is 5. The van der Waals surface area contributed by atoms with E-state index in [0.29, 0.717) is 49.1 Å². The smallest absolute Gasteiger partial charge is 0.338 e. The summed E-state index contributed by atoms with van der Waals surface area (Å²) in [5.74, 6) is -0.685. The molecule has 1 saturated heterocycles. The molecule has 164 valence electrons. The molecule has 1 aliphatic rings. The highest BCUT2D eigenvalue weighted by Gasteiger charge is 2.23. The maximum Gasteiger partial charge on any atom is 0.338 e. The number of rotatable bonds is 5. The van der Waals surface area contributed by atoms with Crippen LogP contribution in [0.3, 0.4) is 0 Å². The number of carboxylic acids is 1. The molecule has 7 nitrogen and oxygen atoms in total. The van der Waals surface area contributed by atoms with Crippen LogP contribution >= 0.6 is 0 Å². The Morgan fingerprint density at radius 3 is 2.75 bits per heavy atom. The highest BCUT2D eigenvalue weighted by atomic mass is 19.1. The molecule has 1 fully saturated rings. The first-order valence-corrected chi connectivity index (χ1v) is 10.7. The minimum atomic E-state index is -1.02. The van der Waals surface area contributed by atoms with E-state index in [2.05, 4.69) is 9.88 Å². The molecule has 1 N–H and O–H groups in total. The van der Waals surface area contributed by atoms with Crippen LogP contribution in [0, 0.1) is 5.82 Å². The Labute approximate surface area is 184 Å². The molecule has 0 saturated carbocycles. The number of morpholine rings is 1. The first kappa shape index (κ1) is 20.4. The number of carboxylic acid groups (broad SMARTS) is 1. The average Bonchev–Trinajstić information content (AvgIpc) is 3.17. The summed E-state index contributed by atoms with van der Waals surface area (Å²) < 4.78 is 21.9. The molecule has 2 aromatic carbocycles. The van der Waals surface area contributed by atoms with E-state index in [1.54, 1.807) is 18.3 Å². The van der Waals surface area contributed by atoms with Crippen molar-refractivity contribution in [2.75, 3.05) is 31.2 Å². The third-order valence-electron chi connectivity index (χ3n) is 5.83. The quantitative estimate of drug-likeness (QED) is 0.507. The van der Waals surface area contributed by atoms with Crippen LogP contribution < -0.4 is 4.90 Å². The summed E-state index contributed by atoms with van der Waals surface area (Å²) in [6.45, 7) is 4.60. The molecule has 0 bridgehead atoms. The number of ether oxygens (including phenoxy) is 1. The number of carbonyl (C=O) groups is 1. The maximum atomic E-state index is 14.5. The zero-order valence-electron chi connectivity index (χ0n) is 17.7.